The molecule has 160 valence electrons. The lowest BCUT2D eigenvalue weighted by Gasteiger charge is -2.32. The molecule has 1 aliphatic rings. The Morgan fingerprint density at radius 3 is 2.83 bits per heavy atom. The number of likely N-dealkylation sites (tertiary alicyclic amines) is 1. The van der Waals surface area contributed by atoms with Crippen LogP contribution in [-0.4, -0.2) is 56.6 Å². The number of piperidine rings is 1. The Morgan fingerprint density at radius 2 is 2.10 bits per heavy atom. The number of alkyl halides is 3. The van der Waals surface area contributed by atoms with Gasteiger partial charge in [0.15, 0.2) is 0 Å². The molecule has 7 nitrogen and oxygen atoms in total. The van der Waals surface area contributed by atoms with E-state index < -0.39 is 12.1 Å². The van der Waals surface area contributed by atoms with Gasteiger partial charge < -0.3 is 20.1 Å². The standard InChI is InChI=1S/C20H22F3N5O2/c1-2-27-9-3-5-13(12-27)24-19-26-25-18(16-6-4-10-28(16)19)15-8-7-14(11-17(15)29)30-20(21,22)23/h4,6-8,10-11,13,29H,2-3,5,9,12H2,1H3,(H,24,26). The Hall–Kier alpha value is -3.01. The van der Waals surface area contributed by atoms with Gasteiger partial charge in [0.1, 0.15) is 17.2 Å². The maximum Gasteiger partial charge on any atom is 0.573 e. The SMILES string of the molecule is CCN1CCCC(Nc2nnc(-c3ccc(OC(F)(F)F)cc3O)c3cccn23)C1. The predicted octanol–water partition coefficient (Wildman–Crippen LogP) is 3.90. The molecule has 1 atom stereocenters. The number of aromatic nitrogens is 3. The van der Waals surface area contributed by atoms with Crippen LogP contribution in [0.3, 0.4) is 0 Å². The number of nitrogens with zero attached hydrogens (tertiary/aromatic N) is 4. The maximum atomic E-state index is 12.4. The zero-order chi connectivity index (χ0) is 21.3. The van der Waals surface area contributed by atoms with E-state index in [1.807, 2.05) is 22.7 Å². The lowest BCUT2D eigenvalue weighted by atomic mass is 10.1. The molecule has 4 rings (SSSR count). The van der Waals surface area contributed by atoms with Gasteiger partial charge >= 0.3 is 6.36 Å². The molecule has 1 unspecified atom stereocenters. The molecule has 2 aromatic heterocycles. The molecule has 3 aromatic rings. The van der Waals surface area contributed by atoms with Gasteiger partial charge in [-0.2, -0.15) is 0 Å². The van der Waals surface area contributed by atoms with E-state index in [4.69, 9.17) is 0 Å². The molecule has 10 heteroatoms. The Kier molecular flexibility index (Phi) is 5.42. The van der Waals surface area contributed by atoms with Gasteiger partial charge in [-0.25, -0.2) is 0 Å². The van der Waals surface area contributed by atoms with Crippen molar-refractivity contribution in [3.05, 3.63) is 36.5 Å². The third-order valence-electron chi connectivity index (χ3n) is 5.21. The van der Waals surface area contributed by atoms with Crippen molar-refractivity contribution < 1.29 is 23.0 Å². The molecular weight excluding hydrogens is 399 g/mol. The molecule has 1 fully saturated rings. The quantitative estimate of drug-likeness (QED) is 0.651. The number of likely N-dealkylation sites (N-methyl/N-ethyl adjacent to an activating group) is 1. The molecule has 0 radical (unpaired) electrons. The van der Waals surface area contributed by atoms with Crippen molar-refractivity contribution in [2.45, 2.75) is 32.2 Å². The highest BCUT2D eigenvalue weighted by atomic mass is 19.4. The summed E-state index contributed by atoms with van der Waals surface area (Å²) in [4.78, 5) is 2.37. The fraction of sp³-hybridized carbons (Fsp3) is 0.400. The van der Waals surface area contributed by atoms with Crippen molar-refractivity contribution >= 4 is 11.5 Å². The second-order valence-electron chi connectivity index (χ2n) is 7.24. The summed E-state index contributed by atoms with van der Waals surface area (Å²) in [6, 6.07) is 7.27. The van der Waals surface area contributed by atoms with E-state index in [1.54, 1.807) is 0 Å². The molecule has 2 N–H and O–H groups in total. The third-order valence-corrected chi connectivity index (χ3v) is 5.21. The molecule has 1 aromatic carbocycles. The van der Waals surface area contributed by atoms with Crippen LogP contribution in [0, 0.1) is 0 Å². The van der Waals surface area contributed by atoms with Gasteiger partial charge in [-0.1, -0.05) is 6.92 Å². The van der Waals surface area contributed by atoms with E-state index in [2.05, 4.69) is 32.1 Å². The summed E-state index contributed by atoms with van der Waals surface area (Å²) in [6.45, 7) is 5.14. The van der Waals surface area contributed by atoms with Crippen molar-refractivity contribution in [2.75, 3.05) is 25.0 Å². The van der Waals surface area contributed by atoms with E-state index in [1.165, 1.54) is 6.07 Å². The number of benzene rings is 1. The highest BCUT2D eigenvalue weighted by molar-refractivity contribution is 5.81. The number of anilines is 1. The molecule has 0 spiro atoms. The first-order valence-corrected chi connectivity index (χ1v) is 9.76. The van der Waals surface area contributed by atoms with Crippen LogP contribution in [-0.2, 0) is 0 Å². The second-order valence-corrected chi connectivity index (χ2v) is 7.24. The number of aromatic hydroxyl groups is 1. The smallest absolute Gasteiger partial charge is 0.507 e. The largest absolute Gasteiger partial charge is 0.573 e. The van der Waals surface area contributed by atoms with Crippen LogP contribution in [0.5, 0.6) is 11.5 Å². The topological polar surface area (TPSA) is 74.9 Å². The molecule has 0 saturated carbocycles. The minimum atomic E-state index is -4.83. The molecule has 1 aliphatic heterocycles. The van der Waals surface area contributed by atoms with Crippen LogP contribution < -0.4 is 10.1 Å². The van der Waals surface area contributed by atoms with E-state index >= 15 is 0 Å². The third kappa shape index (κ3) is 4.28. The number of nitrogens with one attached hydrogen (secondary N) is 1. The predicted molar refractivity (Wildman–Crippen MR) is 106 cm³/mol. The van der Waals surface area contributed by atoms with Crippen LogP contribution in [0.1, 0.15) is 19.8 Å². The minimum Gasteiger partial charge on any atom is -0.507 e. The number of fused-ring (bicyclic) bond motifs is 1. The maximum absolute atomic E-state index is 12.4. The summed E-state index contributed by atoms with van der Waals surface area (Å²) >= 11 is 0. The first-order valence-electron chi connectivity index (χ1n) is 9.76. The lowest BCUT2D eigenvalue weighted by molar-refractivity contribution is -0.274. The Balaban J connectivity index is 1.63. The van der Waals surface area contributed by atoms with Gasteiger partial charge in [0.25, 0.3) is 0 Å². The van der Waals surface area contributed by atoms with Gasteiger partial charge in [-0.05, 0) is 50.2 Å². The van der Waals surface area contributed by atoms with E-state index in [0.29, 0.717) is 17.2 Å². The molecule has 30 heavy (non-hydrogen) atoms. The zero-order valence-electron chi connectivity index (χ0n) is 16.4. The highest BCUT2D eigenvalue weighted by Gasteiger charge is 2.31. The minimum absolute atomic E-state index is 0.247. The second kappa shape index (κ2) is 8.02. The number of phenols is 1. The summed E-state index contributed by atoms with van der Waals surface area (Å²) in [5.74, 6) is -0.293. The van der Waals surface area contributed by atoms with Crippen molar-refractivity contribution in [2.24, 2.45) is 0 Å². The summed E-state index contributed by atoms with van der Waals surface area (Å²) < 4.78 is 42.9. The average molecular weight is 421 g/mol. The van der Waals surface area contributed by atoms with Crippen LogP contribution in [0.2, 0.25) is 0 Å². The van der Waals surface area contributed by atoms with Gasteiger partial charge in [0.2, 0.25) is 5.95 Å². The Morgan fingerprint density at radius 1 is 1.27 bits per heavy atom. The number of ether oxygens (including phenoxy) is 1. The van der Waals surface area contributed by atoms with Crippen LogP contribution in [0.15, 0.2) is 36.5 Å². The summed E-state index contributed by atoms with van der Waals surface area (Å²) in [7, 11) is 0. The van der Waals surface area contributed by atoms with Gasteiger partial charge in [0, 0.05) is 30.4 Å². The monoisotopic (exact) mass is 421 g/mol. The van der Waals surface area contributed by atoms with Crippen LogP contribution >= 0.6 is 0 Å². The molecule has 1 saturated heterocycles. The molecule has 0 aliphatic carbocycles. The number of hydrogen-bond acceptors (Lipinski definition) is 6. The van der Waals surface area contributed by atoms with Gasteiger partial charge in [-0.15, -0.1) is 23.4 Å². The van der Waals surface area contributed by atoms with Crippen molar-refractivity contribution in [1.29, 1.82) is 0 Å². The van der Waals surface area contributed by atoms with Gasteiger partial charge in [-0.3, -0.25) is 4.40 Å². The summed E-state index contributed by atoms with van der Waals surface area (Å²) in [5, 5.41) is 22.3. The fourth-order valence-corrected chi connectivity index (χ4v) is 3.80. The van der Waals surface area contributed by atoms with Crippen molar-refractivity contribution in [3.63, 3.8) is 0 Å². The summed E-state index contributed by atoms with van der Waals surface area (Å²) in [5.41, 5.74) is 1.30. The Bertz CT molecular complexity index is 1040. The highest BCUT2D eigenvalue weighted by Crippen LogP contribution is 2.35. The molecule has 3 heterocycles. The number of phenolic OH excluding ortho intramolecular Hbond substituents is 1. The van der Waals surface area contributed by atoms with E-state index in [9.17, 15) is 18.3 Å². The molecular formula is C20H22F3N5O2. The fourth-order valence-electron chi connectivity index (χ4n) is 3.80. The van der Waals surface area contributed by atoms with Crippen LogP contribution in [0.4, 0.5) is 19.1 Å². The number of hydrogen-bond donors (Lipinski definition) is 2. The van der Waals surface area contributed by atoms with Crippen molar-refractivity contribution in [3.8, 4) is 22.8 Å². The Labute approximate surface area is 171 Å². The first-order chi connectivity index (χ1) is 14.3. The van der Waals surface area contributed by atoms with Crippen LogP contribution in [0.25, 0.3) is 16.8 Å². The lowest BCUT2D eigenvalue weighted by Crippen LogP contribution is -2.42. The normalized spacial score (nSPS) is 17.9. The number of rotatable bonds is 5. The van der Waals surface area contributed by atoms with Gasteiger partial charge in [0.05, 0.1) is 5.52 Å². The van der Waals surface area contributed by atoms with Crippen molar-refractivity contribution in [1.82, 2.24) is 19.5 Å². The summed E-state index contributed by atoms with van der Waals surface area (Å²) in [6.07, 6.45) is -0.868. The molecule has 0 bridgehead atoms. The average Bonchev–Trinajstić information content (AvgIpc) is 3.18. The van der Waals surface area contributed by atoms with E-state index in [-0.39, 0.29) is 17.4 Å². The zero-order valence-corrected chi connectivity index (χ0v) is 16.4. The molecule has 0 amide bonds. The van der Waals surface area contributed by atoms with E-state index in [0.717, 1.165) is 44.6 Å². The first kappa shape index (κ1) is 20.3. The number of halogens is 3.